The Morgan fingerprint density at radius 3 is 2.80 bits per heavy atom. The first kappa shape index (κ1) is 7.63. The van der Waals surface area contributed by atoms with Crippen molar-refractivity contribution in [3.8, 4) is 12.3 Å². The van der Waals surface area contributed by atoms with Crippen molar-refractivity contribution in [2.75, 3.05) is 6.54 Å². The van der Waals surface area contributed by atoms with Gasteiger partial charge < -0.3 is 5.32 Å². The summed E-state index contributed by atoms with van der Waals surface area (Å²) in [6.45, 7) is 3.08. The quantitative estimate of drug-likeness (QED) is 0.577. The summed E-state index contributed by atoms with van der Waals surface area (Å²) in [7, 11) is 0. The van der Waals surface area contributed by atoms with Crippen molar-refractivity contribution in [2.45, 2.75) is 32.2 Å². The lowest BCUT2D eigenvalue weighted by Gasteiger charge is -2.09. The van der Waals surface area contributed by atoms with Crippen molar-refractivity contribution >= 4 is 0 Å². The third kappa shape index (κ3) is 2.41. The van der Waals surface area contributed by atoms with Crippen LogP contribution in [-0.4, -0.2) is 12.6 Å². The Kier molecular flexibility index (Phi) is 2.77. The largest absolute Gasteiger partial charge is 0.304 e. The highest BCUT2D eigenvalue weighted by Gasteiger charge is 2.23. The zero-order valence-electron chi connectivity index (χ0n) is 6.56. The molecule has 1 aliphatic rings. The van der Waals surface area contributed by atoms with Gasteiger partial charge in [0.25, 0.3) is 0 Å². The second kappa shape index (κ2) is 3.63. The van der Waals surface area contributed by atoms with Gasteiger partial charge >= 0.3 is 0 Å². The lowest BCUT2D eigenvalue weighted by Crippen LogP contribution is -2.27. The Morgan fingerprint density at radius 2 is 2.40 bits per heavy atom. The van der Waals surface area contributed by atoms with Gasteiger partial charge in [-0.05, 0) is 18.9 Å². The maximum absolute atomic E-state index is 5.32. The fourth-order valence-electron chi connectivity index (χ4n) is 1.14. The number of terminal acetylenes is 1. The Morgan fingerprint density at radius 1 is 1.70 bits per heavy atom. The predicted molar refractivity (Wildman–Crippen MR) is 43.6 cm³/mol. The molecule has 1 unspecified atom stereocenters. The van der Waals surface area contributed by atoms with Gasteiger partial charge in [0.2, 0.25) is 0 Å². The van der Waals surface area contributed by atoms with Crippen molar-refractivity contribution < 1.29 is 0 Å². The van der Waals surface area contributed by atoms with E-state index in [-0.39, 0.29) is 0 Å². The van der Waals surface area contributed by atoms with Crippen LogP contribution in [0, 0.1) is 18.3 Å². The maximum Gasteiger partial charge on any atom is 0.0689 e. The molecule has 0 aromatic carbocycles. The van der Waals surface area contributed by atoms with Gasteiger partial charge in [-0.2, -0.15) is 0 Å². The predicted octanol–water partition coefficient (Wildman–Crippen LogP) is 1.40. The number of nitrogens with one attached hydrogen (secondary N) is 1. The Hall–Kier alpha value is -0.480. The maximum atomic E-state index is 5.32. The summed E-state index contributed by atoms with van der Waals surface area (Å²) >= 11 is 0. The molecule has 1 atom stereocenters. The highest BCUT2D eigenvalue weighted by atomic mass is 14.9. The topological polar surface area (TPSA) is 12.0 Å². The SMILES string of the molecule is C#CC(CC1CC1)NCC. The van der Waals surface area contributed by atoms with Gasteiger partial charge in [0, 0.05) is 0 Å². The van der Waals surface area contributed by atoms with E-state index in [0.717, 1.165) is 12.5 Å². The van der Waals surface area contributed by atoms with Crippen LogP contribution in [0.1, 0.15) is 26.2 Å². The molecule has 1 nitrogen and oxygen atoms in total. The molecule has 1 fully saturated rings. The summed E-state index contributed by atoms with van der Waals surface area (Å²) in [4.78, 5) is 0. The molecule has 10 heavy (non-hydrogen) atoms. The van der Waals surface area contributed by atoms with E-state index in [1.807, 2.05) is 0 Å². The van der Waals surface area contributed by atoms with Gasteiger partial charge in [0.05, 0.1) is 6.04 Å². The molecule has 56 valence electrons. The van der Waals surface area contributed by atoms with E-state index >= 15 is 0 Å². The molecule has 0 heterocycles. The van der Waals surface area contributed by atoms with E-state index in [1.165, 1.54) is 19.3 Å². The number of rotatable bonds is 4. The van der Waals surface area contributed by atoms with Crippen molar-refractivity contribution in [3.05, 3.63) is 0 Å². The van der Waals surface area contributed by atoms with Crippen molar-refractivity contribution in [1.29, 1.82) is 0 Å². The van der Waals surface area contributed by atoms with Crippen LogP contribution in [-0.2, 0) is 0 Å². The lowest BCUT2D eigenvalue weighted by atomic mass is 10.1. The van der Waals surface area contributed by atoms with Crippen molar-refractivity contribution in [3.63, 3.8) is 0 Å². The minimum absolute atomic E-state index is 0.331. The standard InChI is InChI=1S/C9H15N/c1-3-9(10-4-2)7-8-5-6-8/h1,8-10H,4-7H2,2H3. The number of hydrogen-bond acceptors (Lipinski definition) is 1. The van der Waals surface area contributed by atoms with Crippen LogP contribution >= 0.6 is 0 Å². The summed E-state index contributed by atoms with van der Waals surface area (Å²) in [6, 6.07) is 0.331. The van der Waals surface area contributed by atoms with E-state index in [1.54, 1.807) is 0 Å². The van der Waals surface area contributed by atoms with Gasteiger partial charge in [-0.3, -0.25) is 0 Å². The first-order valence-corrected chi connectivity index (χ1v) is 4.06. The van der Waals surface area contributed by atoms with Crippen LogP contribution in [0.15, 0.2) is 0 Å². The van der Waals surface area contributed by atoms with Crippen molar-refractivity contribution in [1.82, 2.24) is 5.32 Å². The molecule has 0 spiro atoms. The minimum atomic E-state index is 0.331. The molecule has 1 rings (SSSR count). The summed E-state index contributed by atoms with van der Waals surface area (Å²) < 4.78 is 0. The molecule has 0 amide bonds. The first-order chi connectivity index (χ1) is 4.86. The smallest absolute Gasteiger partial charge is 0.0689 e. The average Bonchev–Trinajstić information content (AvgIpc) is 2.71. The van der Waals surface area contributed by atoms with Gasteiger partial charge in [-0.15, -0.1) is 6.42 Å². The van der Waals surface area contributed by atoms with Crippen LogP contribution < -0.4 is 5.32 Å². The second-order valence-corrected chi connectivity index (χ2v) is 2.96. The van der Waals surface area contributed by atoms with E-state index in [9.17, 15) is 0 Å². The van der Waals surface area contributed by atoms with Gasteiger partial charge in [0.1, 0.15) is 0 Å². The summed E-state index contributed by atoms with van der Waals surface area (Å²) in [5.74, 6) is 3.69. The molecule has 1 aliphatic carbocycles. The molecule has 0 bridgehead atoms. The van der Waals surface area contributed by atoms with Crippen molar-refractivity contribution in [2.24, 2.45) is 5.92 Å². The molecular formula is C9H15N. The molecule has 0 radical (unpaired) electrons. The highest BCUT2D eigenvalue weighted by molar-refractivity contribution is 5.00. The van der Waals surface area contributed by atoms with E-state index in [2.05, 4.69) is 18.2 Å². The second-order valence-electron chi connectivity index (χ2n) is 2.96. The molecule has 0 saturated heterocycles. The zero-order chi connectivity index (χ0) is 7.40. The molecule has 1 heteroatoms. The summed E-state index contributed by atoms with van der Waals surface area (Å²) in [5, 5.41) is 3.27. The first-order valence-electron chi connectivity index (χ1n) is 4.06. The lowest BCUT2D eigenvalue weighted by molar-refractivity contribution is 0.554. The van der Waals surface area contributed by atoms with Gasteiger partial charge in [0.15, 0.2) is 0 Å². The Labute approximate surface area is 63.2 Å². The molecule has 1 N–H and O–H groups in total. The molecule has 1 saturated carbocycles. The fourth-order valence-corrected chi connectivity index (χ4v) is 1.14. The monoisotopic (exact) mass is 137 g/mol. The van der Waals surface area contributed by atoms with Crippen LogP contribution in [0.3, 0.4) is 0 Å². The zero-order valence-corrected chi connectivity index (χ0v) is 6.56. The Balaban J connectivity index is 2.13. The van der Waals surface area contributed by atoms with E-state index in [0.29, 0.717) is 6.04 Å². The third-order valence-electron chi connectivity index (χ3n) is 1.92. The van der Waals surface area contributed by atoms with Crippen LogP contribution in [0.4, 0.5) is 0 Å². The van der Waals surface area contributed by atoms with Gasteiger partial charge in [-0.1, -0.05) is 25.7 Å². The molecule has 0 aromatic rings. The molecule has 0 aromatic heterocycles. The van der Waals surface area contributed by atoms with Gasteiger partial charge in [-0.25, -0.2) is 0 Å². The average molecular weight is 137 g/mol. The van der Waals surface area contributed by atoms with E-state index in [4.69, 9.17) is 6.42 Å². The van der Waals surface area contributed by atoms with E-state index < -0.39 is 0 Å². The Bertz CT molecular complexity index is 130. The molecule has 0 aliphatic heterocycles. The number of hydrogen-bond donors (Lipinski definition) is 1. The van der Waals surface area contributed by atoms with Crippen LogP contribution in [0.5, 0.6) is 0 Å². The third-order valence-corrected chi connectivity index (χ3v) is 1.92. The van der Waals surface area contributed by atoms with Crippen LogP contribution in [0.2, 0.25) is 0 Å². The fraction of sp³-hybridized carbons (Fsp3) is 0.778. The molecular weight excluding hydrogens is 122 g/mol. The normalized spacial score (nSPS) is 20.0. The minimum Gasteiger partial charge on any atom is -0.304 e. The van der Waals surface area contributed by atoms with Crippen LogP contribution in [0.25, 0.3) is 0 Å². The highest BCUT2D eigenvalue weighted by Crippen LogP contribution is 2.33. The summed E-state index contributed by atoms with van der Waals surface area (Å²) in [6.07, 6.45) is 9.29. The summed E-state index contributed by atoms with van der Waals surface area (Å²) in [5.41, 5.74) is 0.